The standard InChI is InChI=1S/C20H28N2OS/c1-3-23-16-20(7-6-19-14-24-13-17(19)2)8-10-22(15-20)12-18-5-4-9-21-11-18/h4-5,9,11,13-14H,3,6-8,10,12,15-16H2,1-2H3/t20-/m1/s1. The van der Waals surface area contributed by atoms with E-state index in [1.165, 1.54) is 36.0 Å². The molecule has 0 bridgehead atoms. The molecular formula is C20H28N2OS. The van der Waals surface area contributed by atoms with Crippen molar-refractivity contribution in [3.05, 3.63) is 52.0 Å². The van der Waals surface area contributed by atoms with E-state index in [-0.39, 0.29) is 0 Å². The van der Waals surface area contributed by atoms with E-state index in [4.69, 9.17) is 4.74 Å². The van der Waals surface area contributed by atoms with Crippen LogP contribution in [0.25, 0.3) is 0 Å². The fourth-order valence-corrected chi connectivity index (χ4v) is 4.56. The number of likely N-dealkylation sites (tertiary alicyclic amines) is 1. The van der Waals surface area contributed by atoms with Gasteiger partial charge < -0.3 is 4.74 Å². The summed E-state index contributed by atoms with van der Waals surface area (Å²) in [6, 6.07) is 4.20. The first-order valence-electron chi connectivity index (χ1n) is 8.91. The number of nitrogens with zero attached hydrogens (tertiary/aromatic N) is 2. The molecule has 3 heterocycles. The van der Waals surface area contributed by atoms with Gasteiger partial charge >= 0.3 is 0 Å². The number of hydrogen-bond acceptors (Lipinski definition) is 4. The second-order valence-electron chi connectivity index (χ2n) is 7.04. The highest BCUT2D eigenvalue weighted by atomic mass is 32.1. The summed E-state index contributed by atoms with van der Waals surface area (Å²) in [5, 5.41) is 4.57. The molecule has 0 unspecified atom stereocenters. The number of pyridine rings is 1. The van der Waals surface area contributed by atoms with Gasteiger partial charge in [-0.25, -0.2) is 0 Å². The Hall–Kier alpha value is -1.23. The van der Waals surface area contributed by atoms with E-state index in [1.807, 2.05) is 29.8 Å². The Kier molecular flexibility index (Phi) is 6.04. The zero-order valence-electron chi connectivity index (χ0n) is 14.8. The monoisotopic (exact) mass is 344 g/mol. The average molecular weight is 345 g/mol. The number of hydrogen-bond donors (Lipinski definition) is 0. The first kappa shape index (κ1) is 17.6. The Balaban J connectivity index is 1.62. The number of aromatic nitrogens is 1. The highest BCUT2D eigenvalue weighted by Crippen LogP contribution is 2.37. The van der Waals surface area contributed by atoms with Crippen molar-refractivity contribution in [1.82, 2.24) is 9.88 Å². The van der Waals surface area contributed by atoms with Gasteiger partial charge in [-0.1, -0.05) is 6.07 Å². The van der Waals surface area contributed by atoms with Crippen LogP contribution in [-0.2, 0) is 17.7 Å². The number of thiophene rings is 1. The molecule has 1 fully saturated rings. The van der Waals surface area contributed by atoms with Crippen molar-refractivity contribution in [3.8, 4) is 0 Å². The maximum Gasteiger partial charge on any atom is 0.0535 e. The summed E-state index contributed by atoms with van der Waals surface area (Å²) in [5.74, 6) is 0. The van der Waals surface area contributed by atoms with Crippen molar-refractivity contribution in [1.29, 1.82) is 0 Å². The number of ether oxygens (including phenoxy) is 1. The molecule has 24 heavy (non-hydrogen) atoms. The molecule has 0 N–H and O–H groups in total. The smallest absolute Gasteiger partial charge is 0.0535 e. The molecule has 2 aromatic rings. The summed E-state index contributed by atoms with van der Waals surface area (Å²) in [4.78, 5) is 6.81. The second-order valence-corrected chi connectivity index (χ2v) is 7.78. The molecule has 0 spiro atoms. The zero-order valence-corrected chi connectivity index (χ0v) is 15.6. The van der Waals surface area contributed by atoms with Crippen LogP contribution in [0.2, 0.25) is 0 Å². The summed E-state index contributed by atoms with van der Waals surface area (Å²) in [6.45, 7) is 9.30. The molecule has 4 heteroatoms. The van der Waals surface area contributed by atoms with Crippen LogP contribution in [0.5, 0.6) is 0 Å². The summed E-state index contributed by atoms with van der Waals surface area (Å²) >= 11 is 1.82. The Morgan fingerprint density at radius 3 is 3.00 bits per heavy atom. The molecule has 0 amide bonds. The first-order chi connectivity index (χ1) is 11.7. The molecule has 0 saturated carbocycles. The van der Waals surface area contributed by atoms with E-state index in [0.717, 1.165) is 32.8 Å². The minimum Gasteiger partial charge on any atom is -0.381 e. The SMILES string of the molecule is CCOC[C@]1(CCc2cscc2C)CCN(Cc2cccnc2)C1. The molecule has 1 saturated heterocycles. The van der Waals surface area contributed by atoms with E-state index in [2.05, 4.69) is 40.6 Å². The normalized spacial score (nSPS) is 21.4. The third-order valence-corrected chi connectivity index (χ3v) is 6.06. The highest BCUT2D eigenvalue weighted by Gasteiger charge is 2.38. The van der Waals surface area contributed by atoms with Crippen molar-refractivity contribution >= 4 is 11.3 Å². The molecular weight excluding hydrogens is 316 g/mol. The van der Waals surface area contributed by atoms with E-state index < -0.39 is 0 Å². The number of aryl methyl sites for hydroxylation is 2. The van der Waals surface area contributed by atoms with Crippen LogP contribution in [-0.4, -0.2) is 36.2 Å². The van der Waals surface area contributed by atoms with Gasteiger partial charge in [-0.3, -0.25) is 9.88 Å². The fraction of sp³-hybridized carbons (Fsp3) is 0.550. The predicted molar refractivity (Wildman–Crippen MR) is 100 cm³/mol. The van der Waals surface area contributed by atoms with Crippen LogP contribution >= 0.6 is 11.3 Å². The second kappa shape index (κ2) is 8.24. The van der Waals surface area contributed by atoms with Crippen molar-refractivity contribution in [2.45, 2.75) is 39.7 Å². The van der Waals surface area contributed by atoms with Crippen molar-refractivity contribution in [2.75, 3.05) is 26.3 Å². The third-order valence-electron chi connectivity index (χ3n) is 5.15. The summed E-state index contributed by atoms with van der Waals surface area (Å²) < 4.78 is 5.88. The predicted octanol–water partition coefficient (Wildman–Crippen LogP) is 4.31. The van der Waals surface area contributed by atoms with Gasteiger partial charge in [0.05, 0.1) is 6.61 Å². The minimum absolute atomic E-state index is 0.298. The molecule has 0 aliphatic carbocycles. The van der Waals surface area contributed by atoms with Gasteiger partial charge in [0.2, 0.25) is 0 Å². The average Bonchev–Trinajstić information content (AvgIpc) is 3.19. The largest absolute Gasteiger partial charge is 0.381 e. The summed E-state index contributed by atoms with van der Waals surface area (Å²) in [7, 11) is 0. The highest BCUT2D eigenvalue weighted by molar-refractivity contribution is 7.08. The van der Waals surface area contributed by atoms with Crippen LogP contribution in [0.1, 0.15) is 36.5 Å². The Morgan fingerprint density at radius 1 is 1.38 bits per heavy atom. The molecule has 3 nitrogen and oxygen atoms in total. The van der Waals surface area contributed by atoms with Crippen molar-refractivity contribution < 1.29 is 4.74 Å². The summed E-state index contributed by atoms with van der Waals surface area (Å²) in [6.07, 6.45) is 7.45. The van der Waals surface area contributed by atoms with Crippen molar-refractivity contribution in [2.24, 2.45) is 5.41 Å². The van der Waals surface area contributed by atoms with Crippen LogP contribution in [0.3, 0.4) is 0 Å². The first-order valence-corrected chi connectivity index (χ1v) is 9.86. The van der Waals surface area contributed by atoms with E-state index in [1.54, 1.807) is 0 Å². The fourth-order valence-electron chi connectivity index (χ4n) is 3.67. The minimum atomic E-state index is 0.298. The van der Waals surface area contributed by atoms with Crippen LogP contribution < -0.4 is 0 Å². The zero-order chi connectivity index (χ0) is 16.8. The van der Waals surface area contributed by atoms with Gasteiger partial charge in [-0.05, 0) is 73.2 Å². The van der Waals surface area contributed by atoms with Gasteiger partial charge in [0.15, 0.2) is 0 Å². The lowest BCUT2D eigenvalue weighted by atomic mass is 9.82. The molecule has 1 aliphatic heterocycles. The Labute approximate surface area is 149 Å². The lowest BCUT2D eigenvalue weighted by Gasteiger charge is -2.29. The summed E-state index contributed by atoms with van der Waals surface area (Å²) in [5.41, 5.74) is 4.56. The molecule has 0 aromatic carbocycles. The third kappa shape index (κ3) is 4.44. The molecule has 3 rings (SSSR count). The van der Waals surface area contributed by atoms with Crippen LogP contribution in [0.15, 0.2) is 35.3 Å². The maximum atomic E-state index is 5.88. The van der Waals surface area contributed by atoms with Crippen molar-refractivity contribution in [3.63, 3.8) is 0 Å². The van der Waals surface area contributed by atoms with Gasteiger partial charge in [0.1, 0.15) is 0 Å². The lowest BCUT2D eigenvalue weighted by molar-refractivity contribution is 0.0489. The van der Waals surface area contributed by atoms with Gasteiger partial charge in [0, 0.05) is 37.5 Å². The molecule has 2 aromatic heterocycles. The molecule has 0 radical (unpaired) electrons. The van der Waals surface area contributed by atoms with Crippen LogP contribution in [0.4, 0.5) is 0 Å². The molecule has 1 atom stereocenters. The topological polar surface area (TPSA) is 25.4 Å². The Bertz CT molecular complexity index is 628. The molecule has 130 valence electrons. The molecule has 1 aliphatic rings. The maximum absolute atomic E-state index is 5.88. The lowest BCUT2D eigenvalue weighted by Crippen LogP contribution is -2.32. The number of rotatable bonds is 8. The van der Waals surface area contributed by atoms with E-state index in [9.17, 15) is 0 Å². The van der Waals surface area contributed by atoms with Gasteiger partial charge in [0.25, 0.3) is 0 Å². The Morgan fingerprint density at radius 2 is 2.29 bits per heavy atom. The van der Waals surface area contributed by atoms with Gasteiger partial charge in [-0.15, -0.1) is 0 Å². The quantitative estimate of drug-likeness (QED) is 0.713. The van der Waals surface area contributed by atoms with Gasteiger partial charge in [-0.2, -0.15) is 11.3 Å². The van der Waals surface area contributed by atoms with E-state index >= 15 is 0 Å². The van der Waals surface area contributed by atoms with E-state index in [0.29, 0.717) is 5.41 Å². The van der Waals surface area contributed by atoms with Crippen LogP contribution in [0, 0.1) is 12.3 Å².